The lowest BCUT2D eigenvalue weighted by Gasteiger charge is -2.29. The average molecular weight is 249 g/mol. The minimum Gasteiger partial charge on any atom is -0.311 e. The largest absolute Gasteiger partial charge is 0.311 e. The molecule has 17 heavy (non-hydrogen) atoms. The van der Waals surface area contributed by atoms with Gasteiger partial charge >= 0.3 is 0 Å². The minimum absolute atomic E-state index is 0.561. The van der Waals surface area contributed by atoms with Crippen LogP contribution in [-0.4, -0.2) is 23.6 Å². The van der Waals surface area contributed by atoms with E-state index >= 15 is 0 Å². The highest BCUT2D eigenvalue weighted by molar-refractivity contribution is 7.99. The van der Waals surface area contributed by atoms with E-state index in [0.717, 1.165) is 6.04 Å². The molecule has 0 saturated carbocycles. The smallest absolute Gasteiger partial charge is 0.0107 e. The van der Waals surface area contributed by atoms with Crippen molar-refractivity contribution in [1.29, 1.82) is 0 Å². The molecule has 0 aliphatic carbocycles. The van der Waals surface area contributed by atoms with Crippen LogP contribution in [0.2, 0.25) is 0 Å². The highest BCUT2D eigenvalue weighted by Crippen LogP contribution is 2.22. The van der Waals surface area contributed by atoms with Crippen molar-refractivity contribution in [2.75, 3.05) is 11.5 Å². The third-order valence-electron chi connectivity index (χ3n) is 3.80. The van der Waals surface area contributed by atoms with E-state index < -0.39 is 0 Å². The zero-order valence-electron chi connectivity index (χ0n) is 10.9. The summed E-state index contributed by atoms with van der Waals surface area (Å²) in [5, 5.41) is 3.80. The summed E-state index contributed by atoms with van der Waals surface area (Å²) in [6.07, 6.45) is 2.66. The molecular formula is C15H23NS. The molecule has 1 heterocycles. The Kier molecular flexibility index (Phi) is 4.93. The van der Waals surface area contributed by atoms with Crippen molar-refractivity contribution in [2.24, 2.45) is 0 Å². The summed E-state index contributed by atoms with van der Waals surface area (Å²) in [5.74, 6) is 3.24. The maximum Gasteiger partial charge on any atom is 0.0107 e. The van der Waals surface area contributed by atoms with Gasteiger partial charge in [-0.2, -0.15) is 11.8 Å². The van der Waals surface area contributed by atoms with E-state index in [1.807, 2.05) is 0 Å². The fourth-order valence-corrected chi connectivity index (χ4v) is 3.53. The van der Waals surface area contributed by atoms with Crippen molar-refractivity contribution in [3.8, 4) is 0 Å². The zero-order chi connectivity index (χ0) is 12.1. The van der Waals surface area contributed by atoms with E-state index in [9.17, 15) is 0 Å². The molecule has 0 radical (unpaired) electrons. The van der Waals surface area contributed by atoms with Crippen LogP contribution in [0, 0.1) is 0 Å². The van der Waals surface area contributed by atoms with Gasteiger partial charge in [0, 0.05) is 12.1 Å². The molecule has 1 nitrogen and oxygen atoms in total. The normalized spacial score (nSPS) is 21.1. The monoisotopic (exact) mass is 249 g/mol. The molecule has 1 aromatic rings. The lowest BCUT2D eigenvalue weighted by molar-refractivity contribution is 0.390. The molecule has 2 unspecified atom stereocenters. The Morgan fingerprint density at radius 2 is 1.76 bits per heavy atom. The van der Waals surface area contributed by atoms with Crippen molar-refractivity contribution in [3.05, 3.63) is 35.9 Å². The highest BCUT2D eigenvalue weighted by Gasteiger charge is 2.19. The molecule has 0 bridgehead atoms. The molecule has 2 atom stereocenters. The first kappa shape index (κ1) is 13.0. The topological polar surface area (TPSA) is 12.0 Å². The van der Waals surface area contributed by atoms with Crippen molar-refractivity contribution < 1.29 is 0 Å². The van der Waals surface area contributed by atoms with Gasteiger partial charge in [-0.25, -0.2) is 0 Å². The Morgan fingerprint density at radius 3 is 2.41 bits per heavy atom. The van der Waals surface area contributed by atoms with E-state index in [0.29, 0.717) is 12.0 Å². The second kappa shape index (κ2) is 6.46. The van der Waals surface area contributed by atoms with Crippen molar-refractivity contribution in [3.63, 3.8) is 0 Å². The number of thioether (sulfide) groups is 1. The quantitative estimate of drug-likeness (QED) is 0.874. The van der Waals surface area contributed by atoms with E-state index in [-0.39, 0.29) is 0 Å². The molecule has 1 saturated heterocycles. The van der Waals surface area contributed by atoms with Gasteiger partial charge in [-0.15, -0.1) is 0 Å². The maximum atomic E-state index is 3.80. The molecule has 0 spiro atoms. The number of nitrogens with one attached hydrogen (secondary N) is 1. The van der Waals surface area contributed by atoms with Crippen molar-refractivity contribution in [2.45, 2.75) is 44.7 Å². The molecule has 1 aliphatic heterocycles. The van der Waals surface area contributed by atoms with Crippen molar-refractivity contribution >= 4 is 11.8 Å². The molecule has 1 fully saturated rings. The summed E-state index contributed by atoms with van der Waals surface area (Å²) in [6.45, 7) is 4.64. The average Bonchev–Trinajstić information content (AvgIpc) is 2.40. The van der Waals surface area contributed by atoms with Crippen molar-refractivity contribution in [1.82, 2.24) is 5.32 Å². The van der Waals surface area contributed by atoms with Gasteiger partial charge in [-0.05, 0) is 42.8 Å². The molecule has 2 rings (SSSR count). The second-order valence-corrected chi connectivity index (χ2v) is 6.27. The summed E-state index contributed by atoms with van der Waals surface area (Å²) in [5.41, 5.74) is 1.44. The van der Waals surface area contributed by atoms with Gasteiger partial charge in [-0.1, -0.05) is 37.3 Å². The molecular weight excluding hydrogens is 226 g/mol. The molecule has 0 aromatic heterocycles. The summed E-state index contributed by atoms with van der Waals surface area (Å²) in [7, 11) is 0. The Morgan fingerprint density at radius 1 is 1.12 bits per heavy atom. The first-order chi connectivity index (χ1) is 8.27. The summed E-state index contributed by atoms with van der Waals surface area (Å²) >= 11 is 2.09. The van der Waals surface area contributed by atoms with E-state index in [4.69, 9.17) is 0 Å². The van der Waals surface area contributed by atoms with Crippen LogP contribution >= 0.6 is 11.8 Å². The predicted octanol–water partition coefficient (Wildman–Crippen LogP) is 3.66. The van der Waals surface area contributed by atoms with E-state index in [2.05, 4.69) is 61.3 Å². The third-order valence-corrected chi connectivity index (χ3v) is 4.84. The van der Waals surface area contributed by atoms with Crippen LogP contribution in [0.1, 0.15) is 38.2 Å². The fourth-order valence-electron chi connectivity index (χ4n) is 2.43. The standard InChI is InChI=1S/C15H23NS/c1-12(14-6-4-3-5-7-14)13(2)16-15-8-10-17-11-9-15/h3-7,12-13,15-16H,8-11H2,1-2H3. The molecule has 0 amide bonds. The lowest BCUT2D eigenvalue weighted by Crippen LogP contribution is -2.41. The van der Waals surface area contributed by atoms with Crippen LogP contribution in [0.4, 0.5) is 0 Å². The fraction of sp³-hybridized carbons (Fsp3) is 0.600. The number of benzene rings is 1. The Bertz CT molecular complexity index is 319. The van der Waals surface area contributed by atoms with Crippen LogP contribution in [0.3, 0.4) is 0 Å². The highest BCUT2D eigenvalue weighted by atomic mass is 32.2. The SMILES string of the molecule is CC(NC1CCSCC1)C(C)c1ccccc1. The zero-order valence-corrected chi connectivity index (χ0v) is 11.7. The van der Waals surface area contributed by atoms with Crippen LogP contribution in [-0.2, 0) is 0 Å². The first-order valence-electron chi connectivity index (χ1n) is 6.66. The number of hydrogen-bond donors (Lipinski definition) is 1. The van der Waals surface area contributed by atoms with Crippen LogP contribution in [0.25, 0.3) is 0 Å². The molecule has 2 heteroatoms. The van der Waals surface area contributed by atoms with Gasteiger partial charge < -0.3 is 5.32 Å². The van der Waals surface area contributed by atoms with Gasteiger partial charge in [0.25, 0.3) is 0 Å². The van der Waals surface area contributed by atoms with Gasteiger partial charge in [0.15, 0.2) is 0 Å². The van der Waals surface area contributed by atoms with Crippen LogP contribution in [0.5, 0.6) is 0 Å². The third kappa shape index (κ3) is 3.75. The lowest BCUT2D eigenvalue weighted by atomic mass is 9.93. The summed E-state index contributed by atoms with van der Waals surface area (Å²) in [6, 6.07) is 12.1. The first-order valence-corrected chi connectivity index (χ1v) is 7.81. The predicted molar refractivity (Wildman–Crippen MR) is 77.8 cm³/mol. The van der Waals surface area contributed by atoms with Crippen LogP contribution < -0.4 is 5.32 Å². The summed E-state index contributed by atoms with van der Waals surface area (Å²) in [4.78, 5) is 0. The van der Waals surface area contributed by atoms with E-state index in [1.165, 1.54) is 29.9 Å². The van der Waals surface area contributed by atoms with Crippen LogP contribution in [0.15, 0.2) is 30.3 Å². The Labute approximate surface area is 109 Å². The number of hydrogen-bond acceptors (Lipinski definition) is 2. The maximum absolute atomic E-state index is 3.80. The number of rotatable bonds is 4. The Balaban J connectivity index is 1.88. The summed E-state index contributed by atoms with van der Waals surface area (Å²) < 4.78 is 0. The van der Waals surface area contributed by atoms with Gasteiger partial charge in [-0.3, -0.25) is 0 Å². The molecule has 1 aromatic carbocycles. The van der Waals surface area contributed by atoms with Gasteiger partial charge in [0.1, 0.15) is 0 Å². The Hall–Kier alpha value is -0.470. The minimum atomic E-state index is 0.561. The van der Waals surface area contributed by atoms with E-state index in [1.54, 1.807) is 0 Å². The molecule has 1 aliphatic rings. The second-order valence-electron chi connectivity index (χ2n) is 5.04. The molecule has 94 valence electrons. The van der Waals surface area contributed by atoms with Gasteiger partial charge in [0.2, 0.25) is 0 Å². The molecule has 1 N–H and O–H groups in total. The van der Waals surface area contributed by atoms with Gasteiger partial charge in [0.05, 0.1) is 0 Å².